The Balaban J connectivity index is 2.40. The van der Waals surface area contributed by atoms with Crippen LogP contribution >= 0.6 is 0 Å². The highest BCUT2D eigenvalue weighted by Gasteiger charge is 2.21. The molecule has 0 aliphatic heterocycles. The van der Waals surface area contributed by atoms with Gasteiger partial charge in [0.2, 0.25) is 0 Å². The van der Waals surface area contributed by atoms with E-state index in [1.807, 2.05) is 18.2 Å². The molecule has 0 saturated heterocycles. The molecule has 0 fully saturated rings. The van der Waals surface area contributed by atoms with Crippen molar-refractivity contribution in [1.29, 1.82) is 0 Å². The van der Waals surface area contributed by atoms with E-state index in [1.165, 1.54) is 0 Å². The van der Waals surface area contributed by atoms with Crippen LogP contribution in [-0.4, -0.2) is 22.4 Å². The maximum atomic E-state index is 9.75. The van der Waals surface area contributed by atoms with Crippen molar-refractivity contribution in [1.82, 2.24) is 0 Å². The molecule has 0 radical (unpaired) electrons. The molecule has 0 saturated carbocycles. The average molecular weight is 154 g/mol. The molecule has 0 aromatic heterocycles. The van der Waals surface area contributed by atoms with Crippen LogP contribution < -0.4 is 0 Å². The van der Waals surface area contributed by atoms with Crippen molar-refractivity contribution in [3.8, 4) is 0 Å². The maximum Gasteiger partial charge on any atom is 0.0865 e. The lowest BCUT2D eigenvalue weighted by Gasteiger charge is -2.24. The molecular formula is C9H14O2. The molecular weight excluding hydrogens is 140 g/mol. The Labute approximate surface area is 66.9 Å². The summed E-state index contributed by atoms with van der Waals surface area (Å²) < 4.78 is 0. The van der Waals surface area contributed by atoms with Crippen molar-refractivity contribution in [2.45, 2.75) is 24.9 Å². The third kappa shape index (κ3) is 2.48. The van der Waals surface area contributed by atoms with Gasteiger partial charge >= 0.3 is 0 Å². The van der Waals surface area contributed by atoms with Gasteiger partial charge in [0.25, 0.3) is 0 Å². The van der Waals surface area contributed by atoms with Crippen molar-refractivity contribution < 1.29 is 10.2 Å². The molecule has 0 amide bonds. The quantitative estimate of drug-likeness (QED) is 0.636. The van der Waals surface area contributed by atoms with Gasteiger partial charge in [-0.25, -0.2) is 0 Å². The summed E-state index contributed by atoms with van der Waals surface area (Å²) >= 11 is 0. The van der Waals surface area contributed by atoms with E-state index in [2.05, 4.69) is 0 Å². The Bertz CT molecular complexity index is 172. The number of hydrogen-bond donors (Lipinski definition) is 2. The fourth-order valence-corrected chi connectivity index (χ4v) is 1.22. The minimum atomic E-state index is -0.697. The van der Waals surface area contributed by atoms with E-state index in [0.717, 1.165) is 0 Å². The molecule has 0 aromatic carbocycles. The van der Waals surface area contributed by atoms with E-state index in [-0.39, 0.29) is 6.61 Å². The molecule has 2 heteroatoms. The predicted octanol–water partition coefficient (Wildman–Crippen LogP) is 1.01. The minimum Gasteiger partial charge on any atom is -0.396 e. The standard InChI is InChI=1S/C9H14O2/c10-8-4-7-9(11)5-2-1-3-6-9/h1-3,5,10-11H,4,6-8H2. The maximum absolute atomic E-state index is 9.75. The summed E-state index contributed by atoms with van der Waals surface area (Å²) in [6.45, 7) is 0.153. The van der Waals surface area contributed by atoms with Crippen LogP contribution in [0.1, 0.15) is 19.3 Å². The third-order valence-electron chi connectivity index (χ3n) is 1.89. The Kier molecular flexibility index (Phi) is 2.85. The van der Waals surface area contributed by atoms with Crippen LogP contribution in [-0.2, 0) is 0 Å². The van der Waals surface area contributed by atoms with Crippen LogP contribution in [0.15, 0.2) is 24.3 Å². The van der Waals surface area contributed by atoms with E-state index in [0.29, 0.717) is 19.3 Å². The lowest BCUT2D eigenvalue weighted by Crippen LogP contribution is -2.26. The summed E-state index contributed by atoms with van der Waals surface area (Å²) in [5.41, 5.74) is -0.697. The second-order valence-corrected chi connectivity index (χ2v) is 2.92. The van der Waals surface area contributed by atoms with Crippen LogP contribution in [0.5, 0.6) is 0 Å². The normalized spacial score (nSPS) is 29.3. The summed E-state index contributed by atoms with van der Waals surface area (Å²) in [5, 5.41) is 18.3. The monoisotopic (exact) mass is 154 g/mol. The van der Waals surface area contributed by atoms with E-state index in [4.69, 9.17) is 5.11 Å². The van der Waals surface area contributed by atoms with Crippen LogP contribution in [0, 0.1) is 0 Å². The Morgan fingerprint density at radius 2 is 2.18 bits per heavy atom. The fourth-order valence-electron chi connectivity index (χ4n) is 1.22. The van der Waals surface area contributed by atoms with Crippen LogP contribution in [0.3, 0.4) is 0 Å². The van der Waals surface area contributed by atoms with Crippen molar-refractivity contribution in [2.75, 3.05) is 6.61 Å². The highest BCUT2D eigenvalue weighted by Crippen LogP contribution is 2.22. The van der Waals surface area contributed by atoms with Gasteiger partial charge in [-0.15, -0.1) is 0 Å². The first-order valence-electron chi connectivity index (χ1n) is 3.94. The van der Waals surface area contributed by atoms with Crippen molar-refractivity contribution >= 4 is 0 Å². The van der Waals surface area contributed by atoms with Gasteiger partial charge in [0.1, 0.15) is 0 Å². The molecule has 0 spiro atoms. The Morgan fingerprint density at radius 3 is 2.73 bits per heavy atom. The molecule has 1 rings (SSSR count). The summed E-state index contributed by atoms with van der Waals surface area (Å²) in [5.74, 6) is 0. The van der Waals surface area contributed by atoms with Gasteiger partial charge in [-0.1, -0.05) is 24.3 Å². The molecule has 2 nitrogen and oxygen atoms in total. The SMILES string of the molecule is OCCCC1(O)C=CC=CC1. The largest absolute Gasteiger partial charge is 0.396 e. The number of aliphatic hydroxyl groups excluding tert-OH is 1. The number of allylic oxidation sites excluding steroid dienone is 2. The highest BCUT2D eigenvalue weighted by atomic mass is 16.3. The van der Waals surface area contributed by atoms with Crippen molar-refractivity contribution in [3.05, 3.63) is 24.3 Å². The molecule has 0 heterocycles. The zero-order chi connectivity index (χ0) is 8.16. The molecule has 0 aromatic rings. The Morgan fingerprint density at radius 1 is 1.36 bits per heavy atom. The van der Waals surface area contributed by atoms with E-state index >= 15 is 0 Å². The van der Waals surface area contributed by atoms with E-state index in [1.54, 1.807) is 6.08 Å². The third-order valence-corrected chi connectivity index (χ3v) is 1.89. The molecule has 1 aliphatic carbocycles. The van der Waals surface area contributed by atoms with Crippen molar-refractivity contribution in [2.24, 2.45) is 0 Å². The highest BCUT2D eigenvalue weighted by molar-refractivity contribution is 5.17. The van der Waals surface area contributed by atoms with Gasteiger partial charge in [-0.3, -0.25) is 0 Å². The first-order valence-corrected chi connectivity index (χ1v) is 3.94. The van der Waals surface area contributed by atoms with Gasteiger partial charge in [0.15, 0.2) is 0 Å². The minimum absolute atomic E-state index is 0.153. The molecule has 0 bridgehead atoms. The summed E-state index contributed by atoms with van der Waals surface area (Å²) in [6, 6.07) is 0. The van der Waals surface area contributed by atoms with Gasteiger partial charge in [0.05, 0.1) is 5.60 Å². The van der Waals surface area contributed by atoms with Gasteiger partial charge in [0, 0.05) is 6.61 Å². The molecule has 1 atom stereocenters. The smallest absolute Gasteiger partial charge is 0.0865 e. The fraction of sp³-hybridized carbons (Fsp3) is 0.556. The first kappa shape index (κ1) is 8.50. The predicted molar refractivity (Wildman–Crippen MR) is 44.2 cm³/mol. The van der Waals surface area contributed by atoms with Gasteiger partial charge in [-0.2, -0.15) is 0 Å². The number of aliphatic hydroxyl groups is 2. The topological polar surface area (TPSA) is 40.5 Å². The molecule has 1 aliphatic rings. The zero-order valence-electron chi connectivity index (χ0n) is 6.53. The van der Waals surface area contributed by atoms with Gasteiger partial charge < -0.3 is 10.2 Å². The van der Waals surface area contributed by atoms with Crippen LogP contribution in [0.2, 0.25) is 0 Å². The van der Waals surface area contributed by atoms with Crippen LogP contribution in [0.25, 0.3) is 0 Å². The number of hydrogen-bond acceptors (Lipinski definition) is 2. The lowest BCUT2D eigenvalue weighted by molar-refractivity contribution is 0.0747. The molecule has 62 valence electrons. The average Bonchev–Trinajstić information content (AvgIpc) is 2.03. The molecule has 2 N–H and O–H groups in total. The van der Waals surface area contributed by atoms with E-state index in [9.17, 15) is 5.11 Å². The van der Waals surface area contributed by atoms with Crippen LogP contribution in [0.4, 0.5) is 0 Å². The summed E-state index contributed by atoms with van der Waals surface area (Å²) in [7, 11) is 0. The molecule has 1 unspecified atom stereocenters. The first-order chi connectivity index (χ1) is 5.27. The second kappa shape index (κ2) is 3.69. The zero-order valence-corrected chi connectivity index (χ0v) is 6.53. The van der Waals surface area contributed by atoms with Crippen molar-refractivity contribution in [3.63, 3.8) is 0 Å². The number of rotatable bonds is 3. The Hall–Kier alpha value is -0.600. The second-order valence-electron chi connectivity index (χ2n) is 2.92. The summed E-state index contributed by atoms with van der Waals surface area (Å²) in [4.78, 5) is 0. The van der Waals surface area contributed by atoms with Gasteiger partial charge in [-0.05, 0) is 19.3 Å². The summed E-state index contributed by atoms with van der Waals surface area (Å²) in [6.07, 6.45) is 9.48. The molecule has 11 heavy (non-hydrogen) atoms. The van der Waals surface area contributed by atoms with E-state index < -0.39 is 5.60 Å². The lowest BCUT2D eigenvalue weighted by atomic mass is 9.91.